The third-order valence-electron chi connectivity index (χ3n) is 1.50. The van der Waals surface area contributed by atoms with E-state index in [1.54, 1.807) is 0 Å². The molecule has 1 heterocycles. The molecule has 0 radical (unpaired) electrons. The van der Waals surface area contributed by atoms with E-state index in [0.717, 1.165) is 0 Å². The molecule has 1 aromatic heterocycles. The van der Waals surface area contributed by atoms with E-state index in [9.17, 15) is 13.6 Å². The third kappa shape index (κ3) is 1.98. The zero-order valence-electron chi connectivity index (χ0n) is 6.74. The molecule has 5 nitrogen and oxygen atoms in total. The van der Waals surface area contributed by atoms with E-state index in [1.165, 1.54) is 17.9 Å². The molecule has 0 amide bonds. The third-order valence-corrected chi connectivity index (χ3v) is 1.50. The van der Waals surface area contributed by atoms with Gasteiger partial charge in [-0.25, -0.2) is 4.79 Å². The van der Waals surface area contributed by atoms with Crippen molar-refractivity contribution in [1.82, 2.24) is 14.8 Å². The van der Waals surface area contributed by atoms with Crippen LogP contribution in [0.15, 0.2) is 6.33 Å². The largest absolute Gasteiger partial charge is 0.477 e. The Balaban J connectivity index is 2.80. The molecule has 0 bridgehead atoms. The summed E-state index contributed by atoms with van der Waals surface area (Å²) in [5, 5.41) is 14.8. The van der Waals surface area contributed by atoms with Crippen molar-refractivity contribution >= 4 is 5.97 Å². The monoisotopic (exact) mass is 191 g/mol. The van der Waals surface area contributed by atoms with Crippen molar-refractivity contribution in [1.29, 1.82) is 0 Å². The Morgan fingerprint density at radius 2 is 2.38 bits per heavy atom. The summed E-state index contributed by atoms with van der Waals surface area (Å²) in [5.41, 5.74) is 0. The smallest absolute Gasteiger partial charge is 0.375 e. The SMILES string of the molecule is Cn1cnnc1CC(F)(F)C(=O)O. The summed E-state index contributed by atoms with van der Waals surface area (Å²) in [4.78, 5) is 10.1. The van der Waals surface area contributed by atoms with Crippen LogP contribution in [0.4, 0.5) is 8.78 Å². The number of hydrogen-bond acceptors (Lipinski definition) is 3. The van der Waals surface area contributed by atoms with Crippen LogP contribution >= 0.6 is 0 Å². The zero-order valence-corrected chi connectivity index (χ0v) is 6.74. The van der Waals surface area contributed by atoms with Gasteiger partial charge in [0.25, 0.3) is 0 Å². The quantitative estimate of drug-likeness (QED) is 0.734. The minimum atomic E-state index is -3.79. The second-order valence-electron chi connectivity index (χ2n) is 2.54. The number of aliphatic carboxylic acids is 1. The lowest BCUT2D eigenvalue weighted by Gasteiger charge is -2.09. The van der Waals surface area contributed by atoms with Crippen LogP contribution in [0.1, 0.15) is 5.82 Å². The first-order valence-corrected chi connectivity index (χ1v) is 3.37. The molecular weight excluding hydrogens is 184 g/mol. The van der Waals surface area contributed by atoms with E-state index >= 15 is 0 Å². The molecule has 0 aliphatic heterocycles. The number of carbonyl (C=O) groups is 1. The standard InChI is InChI=1S/C6H7F2N3O2/c1-11-3-9-10-4(11)2-6(7,8)5(12)13/h3H,2H2,1H3,(H,12,13). The van der Waals surface area contributed by atoms with Gasteiger partial charge in [0.2, 0.25) is 0 Å². The van der Waals surface area contributed by atoms with Gasteiger partial charge in [-0.3, -0.25) is 0 Å². The van der Waals surface area contributed by atoms with Gasteiger partial charge in [-0.1, -0.05) is 0 Å². The summed E-state index contributed by atoms with van der Waals surface area (Å²) >= 11 is 0. The Bertz CT molecular complexity index is 323. The fraction of sp³-hybridized carbons (Fsp3) is 0.500. The number of halogens is 2. The Morgan fingerprint density at radius 1 is 1.77 bits per heavy atom. The van der Waals surface area contributed by atoms with Gasteiger partial charge in [0.05, 0.1) is 6.42 Å². The highest BCUT2D eigenvalue weighted by Gasteiger charge is 2.40. The van der Waals surface area contributed by atoms with E-state index in [1.807, 2.05) is 0 Å². The van der Waals surface area contributed by atoms with E-state index in [0.29, 0.717) is 0 Å². The summed E-state index contributed by atoms with van der Waals surface area (Å²) in [5.74, 6) is -6.01. The minimum Gasteiger partial charge on any atom is -0.477 e. The second-order valence-corrected chi connectivity index (χ2v) is 2.54. The Kier molecular flexibility index (Phi) is 2.26. The van der Waals surface area contributed by atoms with Crippen molar-refractivity contribution in [2.75, 3.05) is 0 Å². The van der Waals surface area contributed by atoms with Gasteiger partial charge in [-0.15, -0.1) is 10.2 Å². The minimum absolute atomic E-state index is 0.0626. The number of carboxylic acids is 1. The van der Waals surface area contributed by atoms with Crippen LogP contribution in [-0.4, -0.2) is 31.8 Å². The fourth-order valence-electron chi connectivity index (χ4n) is 0.741. The summed E-state index contributed by atoms with van der Waals surface area (Å²) in [6, 6.07) is 0. The van der Waals surface area contributed by atoms with E-state index < -0.39 is 18.3 Å². The summed E-state index contributed by atoms with van der Waals surface area (Å²) in [7, 11) is 1.47. The van der Waals surface area contributed by atoms with Crippen LogP contribution in [0.5, 0.6) is 0 Å². The number of hydrogen-bond donors (Lipinski definition) is 1. The Morgan fingerprint density at radius 3 is 2.77 bits per heavy atom. The lowest BCUT2D eigenvalue weighted by atomic mass is 10.2. The fourth-order valence-corrected chi connectivity index (χ4v) is 0.741. The van der Waals surface area contributed by atoms with Crippen molar-refractivity contribution in [2.45, 2.75) is 12.3 Å². The van der Waals surface area contributed by atoms with Gasteiger partial charge in [0.1, 0.15) is 12.2 Å². The van der Waals surface area contributed by atoms with Gasteiger partial charge in [-0.2, -0.15) is 8.78 Å². The maximum absolute atomic E-state index is 12.6. The van der Waals surface area contributed by atoms with E-state index in [4.69, 9.17) is 5.11 Å². The average molecular weight is 191 g/mol. The first-order chi connectivity index (χ1) is 5.93. The molecule has 0 saturated carbocycles. The number of nitrogens with zero attached hydrogens (tertiary/aromatic N) is 3. The van der Waals surface area contributed by atoms with Crippen LogP contribution in [-0.2, 0) is 18.3 Å². The molecule has 0 unspecified atom stereocenters. The highest BCUT2D eigenvalue weighted by Crippen LogP contribution is 2.18. The van der Waals surface area contributed by atoms with Gasteiger partial charge in [0.15, 0.2) is 0 Å². The van der Waals surface area contributed by atoms with Gasteiger partial charge >= 0.3 is 11.9 Å². The van der Waals surface area contributed by atoms with Crippen molar-refractivity contribution < 1.29 is 18.7 Å². The first kappa shape index (κ1) is 9.56. The summed E-state index contributed by atoms with van der Waals surface area (Å²) < 4.78 is 26.5. The molecule has 0 aliphatic carbocycles. The summed E-state index contributed by atoms with van der Waals surface area (Å²) in [6.45, 7) is 0. The van der Waals surface area contributed by atoms with E-state index in [-0.39, 0.29) is 5.82 Å². The van der Waals surface area contributed by atoms with Gasteiger partial charge in [0, 0.05) is 7.05 Å². The average Bonchev–Trinajstić information content (AvgIpc) is 2.35. The number of rotatable bonds is 3. The molecule has 7 heteroatoms. The summed E-state index contributed by atoms with van der Waals surface area (Å²) in [6.07, 6.45) is 0.284. The number of alkyl halides is 2. The van der Waals surface area contributed by atoms with Crippen molar-refractivity contribution in [3.8, 4) is 0 Å². The maximum Gasteiger partial charge on any atom is 0.375 e. The van der Waals surface area contributed by atoms with Crippen LogP contribution < -0.4 is 0 Å². The highest BCUT2D eigenvalue weighted by atomic mass is 19.3. The number of aromatic nitrogens is 3. The predicted octanol–water partition coefficient (Wildman–Crippen LogP) is 0.0775. The molecule has 13 heavy (non-hydrogen) atoms. The van der Waals surface area contributed by atoms with Crippen LogP contribution in [0, 0.1) is 0 Å². The zero-order chi connectivity index (χ0) is 10.1. The van der Waals surface area contributed by atoms with Crippen LogP contribution in [0.3, 0.4) is 0 Å². The molecule has 1 N–H and O–H groups in total. The van der Waals surface area contributed by atoms with Crippen molar-refractivity contribution in [2.24, 2.45) is 7.05 Å². The Hall–Kier alpha value is -1.53. The van der Waals surface area contributed by atoms with E-state index in [2.05, 4.69) is 10.2 Å². The molecule has 0 fully saturated rings. The normalized spacial score (nSPS) is 11.6. The van der Waals surface area contributed by atoms with Crippen LogP contribution in [0.25, 0.3) is 0 Å². The number of carboxylic acid groups (broad SMARTS) is 1. The molecule has 72 valence electrons. The van der Waals surface area contributed by atoms with Gasteiger partial charge in [-0.05, 0) is 0 Å². The molecule has 0 saturated heterocycles. The molecular formula is C6H7F2N3O2. The van der Waals surface area contributed by atoms with Crippen molar-refractivity contribution in [3.05, 3.63) is 12.2 Å². The van der Waals surface area contributed by atoms with Gasteiger partial charge < -0.3 is 9.67 Å². The van der Waals surface area contributed by atoms with Crippen LogP contribution in [0.2, 0.25) is 0 Å². The molecule has 0 spiro atoms. The molecule has 0 atom stereocenters. The molecule has 0 aromatic carbocycles. The highest BCUT2D eigenvalue weighted by molar-refractivity contribution is 5.75. The Labute approximate surface area is 72.0 Å². The molecule has 0 aliphatic rings. The second kappa shape index (κ2) is 3.08. The van der Waals surface area contributed by atoms with Crippen molar-refractivity contribution in [3.63, 3.8) is 0 Å². The molecule has 1 rings (SSSR count). The maximum atomic E-state index is 12.6. The molecule has 1 aromatic rings. The lowest BCUT2D eigenvalue weighted by Crippen LogP contribution is -2.31. The lowest BCUT2D eigenvalue weighted by molar-refractivity contribution is -0.164. The predicted molar refractivity (Wildman–Crippen MR) is 37.3 cm³/mol. The topological polar surface area (TPSA) is 68.0 Å². The first-order valence-electron chi connectivity index (χ1n) is 3.37. The number of aryl methyl sites for hydroxylation is 1.